The van der Waals surface area contributed by atoms with Gasteiger partial charge in [0, 0.05) is 18.3 Å². The van der Waals surface area contributed by atoms with Crippen LogP contribution in [-0.4, -0.2) is 23.0 Å². The van der Waals surface area contributed by atoms with Crippen LogP contribution in [0, 0.1) is 0 Å². The van der Waals surface area contributed by atoms with Crippen LogP contribution in [0.25, 0.3) is 0 Å². The van der Waals surface area contributed by atoms with E-state index in [1.807, 2.05) is 31.2 Å². The maximum atomic E-state index is 12.9. The summed E-state index contributed by atoms with van der Waals surface area (Å²) < 4.78 is 0. The Hall–Kier alpha value is -3.08. The van der Waals surface area contributed by atoms with Gasteiger partial charge in [0.05, 0.1) is 5.56 Å². The number of hydrogen-bond acceptors (Lipinski definition) is 3. The van der Waals surface area contributed by atoms with Gasteiger partial charge in [-0.1, -0.05) is 61.9 Å². The van der Waals surface area contributed by atoms with Crippen LogP contribution in [0.3, 0.4) is 0 Å². The summed E-state index contributed by atoms with van der Waals surface area (Å²) >= 11 is 0. The molecule has 0 fully saturated rings. The molecule has 0 aromatic heterocycles. The summed E-state index contributed by atoms with van der Waals surface area (Å²) in [4.78, 5) is 24.6. The van der Waals surface area contributed by atoms with E-state index < -0.39 is 0 Å². The van der Waals surface area contributed by atoms with E-state index in [1.54, 1.807) is 24.4 Å². The topological polar surface area (TPSA) is 78.4 Å². The number of phenols is 1. The van der Waals surface area contributed by atoms with Crippen LogP contribution in [0.15, 0.2) is 66.9 Å². The molecule has 1 aliphatic heterocycles. The molecule has 2 amide bonds. The number of carbonyl (C=O) groups excluding carboxylic acids is 2. The first kappa shape index (κ1) is 23.2. The highest BCUT2D eigenvalue weighted by Gasteiger charge is 2.19. The number of amides is 2. The van der Waals surface area contributed by atoms with E-state index in [9.17, 15) is 14.7 Å². The van der Waals surface area contributed by atoms with Gasteiger partial charge < -0.3 is 15.7 Å². The normalized spacial score (nSPS) is 19.2. The monoisotopic (exact) mass is 408 g/mol. The molecule has 2 rings (SSSR count). The molecule has 1 aromatic rings. The fourth-order valence-electron chi connectivity index (χ4n) is 3.29. The zero-order valence-electron chi connectivity index (χ0n) is 17.6. The van der Waals surface area contributed by atoms with Gasteiger partial charge in [-0.05, 0) is 50.2 Å². The summed E-state index contributed by atoms with van der Waals surface area (Å²) in [6.07, 6.45) is 20.7. The highest BCUT2D eigenvalue weighted by Crippen LogP contribution is 2.23. The molecule has 3 N–H and O–H groups in total. The van der Waals surface area contributed by atoms with Crippen molar-refractivity contribution in [1.82, 2.24) is 10.6 Å². The number of benzene rings is 1. The zero-order valence-corrected chi connectivity index (χ0v) is 17.6. The summed E-state index contributed by atoms with van der Waals surface area (Å²) in [6.45, 7) is 2.03. The lowest BCUT2D eigenvalue weighted by atomic mass is 9.99. The van der Waals surface area contributed by atoms with Crippen molar-refractivity contribution in [3.8, 4) is 5.75 Å². The van der Waals surface area contributed by atoms with Crippen LogP contribution in [-0.2, 0) is 11.2 Å². The van der Waals surface area contributed by atoms with Crippen molar-refractivity contribution in [3.63, 3.8) is 0 Å². The van der Waals surface area contributed by atoms with E-state index >= 15 is 0 Å². The fourth-order valence-corrected chi connectivity index (χ4v) is 3.29. The summed E-state index contributed by atoms with van der Waals surface area (Å²) in [7, 11) is 0. The third-order valence-electron chi connectivity index (χ3n) is 4.86. The molecular weight excluding hydrogens is 376 g/mol. The van der Waals surface area contributed by atoms with E-state index in [0.717, 1.165) is 37.7 Å². The second-order valence-corrected chi connectivity index (χ2v) is 7.28. The molecule has 0 spiro atoms. The van der Waals surface area contributed by atoms with Gasteiger partial charge in [-0.25, -0.2) is 0 Å². The predicted octanol–water partition coefficient (Wildman–Crippen LogP) is 4.71. The molecule has 160 valence electrons. The number of aromatic hydroxyl groups is 1. The molecule has 1 aliphatic rings. The van der Waals surface area contributed by atoms with Crippen LogP contribution in [0.5, 0.6) is 5.75 Å². The van der Waals surface area contributed by atoms with E-state index in [0.29, 0.717) is 18.4 Å². The number of allylic oxidation sites excluding steroid dienone is 5. The lowest BCUT2D eigenvalue weighted by Gasteiger charge is -2.19. The highest BCUT2D eigenvalue weighted by atomic mass is 16.3. The Bertz CT molecular complexity index is 822. The molecular formula is C25H32N2O3. The number of fused-ring (bicyclic) bond motifs is 1. The Morgan fingerprint density at radius 3 is 2.93 bits per heavy atom. The molecule has 5 nitrogen and oxygen atoms in total. The molecule has 0 radical (unpaired) electrons. The number of phenolic OH excluding ortho intramolecular Hbond substituents is 1. The van der Waals surface area contributed by atoms with Crippen LogP contribution < -0.4 is 10.6 Å². The van der Waals surface area contributed by atoms with E-state index in [4.69, 9.17) is 0 Å². The zero-order chi connectivity index (χ0) is 21.6. The van der Waals surface area contributed by atoms with Crippen molar-refractivity contribution in [3.05, 3.63) is 78.1 Å². The minimum absolute atomic E-state index is 0.000856. The molecule has 0 unspecified atom stereocenters. The van der Waals surface area contributed by atoms with Gasteiger partial charge in [0.2, 0.25) is 5.91 Å². The van der Waals surface area contributed by atoms with Crippen molar-refractivity contribution < 1.29 is 14.7 Å². The first-order valence-corrected chi connectivity index (χ1v) is 10.7. The number of hydrogen-bond donors (Lipinski definition) is 3. The van der Waals surface area contributed by atoms with E-state index in [2.05, 4.69) is 22.8 Å². The molecule has 1 heterocycles. The molecule has 30 heavy (non-hydrogen) atoms. The van der Waals surface area contributed by atoms with Gasteiger partial charge in [-0.15, -0.1) is 0 Å². The summed E-state index contributed by atoms with van der Waals surface area (Å²) in [5, 5.41) is 16.0. The summed E-state index contributed by atoms with van der Waals surface area (Å²) in [5.41, 5.74) is 1.16. The Balaban J connectivity index is 2.00. The predicted molar refractivity (Wildman–Crippen MR) is 121 cm³/mol. The minimum atomic E-state index is -0.259. The fraction of sp³-hybridized carbons (Fsp3) is 0.360. The van der Waals surface area contributed by atoms with Crippen molar-refractivity contribution >= 4 is 11.8 Å². The van der Waals surface area contributed by atoms with Crippen LogP contribution in [0.2, 0.25) is 0 Å². The van der Waals surface area contributed by atoms with E-state index in [1.165, 1.54) is 6.08 Å². The quantitative estimate of drug-likeness (QED) is 0.362. The van der Waals surface area contributed by atoms with Crippen LogP contribution in [0.4, 0.5) is 0 Å². The Morgan fingerprint density at radius 2 is 2.10 bits per heavy atom. The van der Waals surface area contributed by atoms with Gasteiger partial charge in [-0.2, -0.15) is 0 Å². The Kier molecular flexibility index (Phi) is 10.2. The Morgan fingerprint density at radius 1 is 1.23 bits per heavy atom. The second-order valence-electron chi connectivity index (χ2n) is 7.28. The number of carbonyl (C=O) groups is 2. The molecule has 0 bridgehead atoms. The lowest BCUT2D eigenvalue weighted by Crippen LogP contribution is -2.35. The maximum absolute atomic E-state index is 12.9. The third kappa shape index (κ3) is 8.11. The van der Waals surface area contributed by atoms with Gasteiger partial charge in [-0.3, -0.25) is 9.59 Å². The van der Waals surface area contributed by atoms with Crippen molar-refractivity contribution in [1.29, 1.82) is 0 Å². The van der Waals surface area contributed by atoms with Gasteiger partial charge in [0.1, 0.15) is 5.75 Å². The highest BCUT2D eigenvalue weighted by molar-refractivity contribution is 5.98. The number of nitrogens with one attached hydrogen (secondary N) is 2. The van der Waals surface area contributed by atoms with Crippen LogP contribution >= 0.6 is 0 Å². The first-order valence-electron chi connectivity index (χ1n) is 10.7. The molecule has 1 atom stereocenters. The first-order chi connectivity index (χ1) is 14.6. The van der Waals surface area contributed by atoms with Gasteiger partial charge in [0.25, 0.3) is 5.91 Å². The molecule has 0 saturated heterocycles. The van der Waals surface area contributed by atoms with Gasteiger partial charge in [0.15, 0.2) is 0 Å². The Labute approximate surface area is 179 Å². The number of rotatable bonds is 6. The third-order valence-corrected chi connectivity index (χ3v) is 4.86. The van der Waals surface area contributed by atoms with Crippen molar-refractivity contribution in [2.45, 2.75) is 57.9 Å². The maximum Gasteiger partial charge on any atom is 0.255 e. The average molecular weight is 409 g/mol. The summed E-state index contributed by atoms with van der Waals surface area (Å²) in [6, 6.07) is 5.11. The molecule has 0 saturated carbocycles. The lowest BCUT2D eigenvalue weighted by molar-refractivity contribution is -0.115. The molecule has 5 heteroatoms. The van der Waals surface area contributed by atoms with E-state index in [-0.39, 0.29) is 23.6 Å². The molecule has 0 aliphatic carbocycles. The second kappa shape index (κ2) is 13.2. The standard InChI is InChI=1S/C25H32N2O3/c1-2-3-4-10-18-23(29)26-19-12-16-21-15-9-7-5-6-8-13-20-14-11-17-22(28)24(20)25(30)27-21/h3-4,6,8,10-12,14,17-19,21,28H,2,5,7,9,13,15-16H2,1H3,(H,26,29)(H,27,30)/b4-3-,8-6+,18-10-,19-12+/t21-/m1/s1. The van der Waals surface area contributed by atoms with Crippen LogP contribution in [0.1, 0.15) is 61.4 Å². The summed E-state index contributed by atoms with van der Waals surface area (Å²) in [5.74, 6) is -0.452. The van der Waals surface area contributed by atoms with Crippen molar-refractivity contribution in [2.24, 2.45) is 0 Å². The van der Waals surface area contributed by atoms with Crippen molar-refractivity contribution in [2.75, 3.05) is 0 Å². The largest absolute Gasteiger partial charge is 0.507 e. The average Bonchev–Trinajstić information content (AvgIpc) is 2.72. The molecule has 1 aromatic carbocycles. The smallest absolute Gasteiger partial charge is 0.255 e. The SMILES string of the molecule is CC/C=C\C=C/C(=O)N/C=C/C[C@H]1CCCC/C=C/Cc2cccc(O)c2C(=O)N1. The van der Waals surface area contributed by atoms with Gasteiger partial charge >= 0.3 is 0 Å². The minimum Gasteiger partial charge on any atom is -0.507 e.